The van der Waals surface area contributed by atoms with Crippen LogP contribution in [-0.2, 0) is 4.79 Å². The molecule has 2 aromatic rings. The van der Waals surface area contributed by atoms with Crippen LogP contribution in [0.15, 0.2) is 44.9 Å². The van der Waals surface area contributed by atoms with E-state index in [1.54, 1.807) is 0 Å². The maximum absolute atomic E-state index is 13.3. The molecule has 0 saturated heterocycles. The number of hydrogen-bond acceptors (Lipinski definition) is 4. The van der Waals surface area contributed by atoms with Gasteiger partial charge in [-0.05, 0) is 34.1 Å². The number of halogens is 2. The third-order valence-corrected chi connectivity index (χ3v) is 3.88. The Morgan fingerprint density at radius 3 is 2.90 bits per heavy atom. The van der Waals surface area contributed by atoms with Crippen LogP contribution in [0.2, 0.25) is 0 Å². The highest BCUT2D eigenvalue weighted by Crippen LogP contribution is 2.25. The van der Waals surface area contributed by atoms with Gasteiger partial charge in [-0.2, -0.15) is 4.98 Å². The van der Waals surface area contributed by atoms with E-state index in [4.69, 9.17) is 5.11 Å². The number of carboxylic acid groups (broad SMARTS) is 1. The number of nitrogens with zero attached hydrogens (tertiary/aromatic N) is 2. The predicted octanol–water partition coefficient (Wildman–Crippen LogP) is 2.31. The summed E-state index contributed by atoms with van der Waals surface area (Å²) in [6.07, 6.45) is 1.43. The summed E-state index contributed by atoms with van der Waals surface area (Å²) < 4.78 is 15.4. The minimum Gasteiger partial charge on any atom is -0.481 e. The molecule has 104 valence electrons. The van der Waals surface area contributed by atoms with E-state index in [1.807, 2.05) is 0 Å². The molecule has 1 heterocycles. The molecule has 0 spiro atoms. The fourth-order valence-electron chi connectivity index (χ4n) is 1.47. The van der Waals surface area contributed by atoms with Crippen LogP contribution < -0.4 is 5.56 Å². The Hall–Kier alpha value is -1.67. The van der Waals surface area contributed by atoms with Gasteiger partial charge in [0.15, 0.2) is 5.16 Å². The summed E-state index contributed by atoms with van der Waals surface area (Å²) in [6.45, 7) is 0. The van der Waals surface area contributed by atoms with Crippen LogP contribution >= 0.6 is 27.7 Å². The molecule has 5 nitrogen and oxygen atoms in total. The molecule has 0 fully saturated rings. The van der Waals surface area contributed by atoms with Gasteiger partial charge in [0.05, 0.1) is 11.4 Å². The third-order valence-electron chi connectivity index (χ3n) is 2.27. The summed E-state index contributed by atoms with van der Waals surface area (Å²) in [7, 11) is 0. The van der Waals surface area contributed by atoms with Gasteiger partial charge in [-0.25, -0.2) is 4.39 Å². The molecule has 0 saturated carbocycles. The lowest BCUT2D eigenvalue weighted by atomic mass is 10.3. The molecule has 0 unspecified atom stereocenters. The lowest BCUT2D eigenvalue weighted by Crippen LogP contribution is -2.13. The summed E-state index contributed by atoms with van der Waals surface area (Å²) in [5.74, 6) is -1.72. The maximum atomic E-state index is 13.3. The molecule has 2 rings (SSSR count). The number of aliphatic carboxylic acids is 1. The van der Waals surface area contributed by atoms with E-state index in [-0.39, 0.29) is 10.9 Å². The van der Waals surface area contributed by atoms with Gasteiger partial charge in [0.25, 0.3) is 5.56 Å². The van der Waals surface area contributed by atoms with Gasteiger partial charge in [-0.15, -0.1) is 0 Å². The van der Waals surface area contributed by atoms with Crippen LogP contribution in [0, 0.1) is 5.82 Å². The molecule has 20 heavy (non-hydrogen) atoms. The second kappa shape index (κ2) is 6.19. The number of carboxylic acids is 1. The van der Waals surface area contributed by atoms with Crippen LogP contribution in [0.5, 0.6) is 0 Å². The van der Waals surface area contributed by atoms with Crippen molar-refractivity contribution in [3.8, 4) is 5.69 Å². The second-order valence-electron chi connectivity index (χ2n) is 3.70. The lowest BCUT2D eigenvalue weighted by molar-refractivity contribution is -0.133. The van der Waals surface area contributed by atoms with Crippen molar-refractivity contribution in [3.05, 3.63) is 51.1 Å². The van der Waals surface area contributed by atoms with Gasteiger partial charge in [-0.1, -0.05) is 11.8 Å². The Bertz CT molecular complexity index is 720. The molecule has 8 heteroatoms. The molecule has 1 aromatic heterocycles. The molecule has 0 aliphatic heterocycles. The van der Waals surface area contributed by atoms with E-state index >= 15 is 0 Å². The molecule has 1 N–H and O–H groups in total. The summed E-state index contributed by atoms with van der Waals surface area (Å²) in [5.41, 5.74) is -0.0490. The van der Waals surface area contributed by atoms with Crippen LogP contribution in [0.3, 0.4) is 0 Å². The molecule has 0 radical (unpaired) electrons. The molecular formula is C12H8BrFN2O3S. The first-order valence-corrected chi connectivity index (χ1v) is 7.15. The van der Waals surface area contributed by atoms with E-state index in [9.17, 15) is 14.0 Å². The van der Waals surface area contributed by atoms with E-state index in [2.05, 4.69) is 20.9 Å². The maximum Gasteiger partial charge on any atom is 0.313 e. The zero-order chi connectivity index (χ0) is 14.7. The monoisotopic (exact) mass is 358 g/mol. The van der Waals surface area contributed by atoms with Crippen LogP contribution in [0.4, 0.5) is 4.39 Å². The van der Waals surface area contributed by atoms with Crippen molar-refractivity contribution in [2.45, 2.75) is 5.16 Å². The Kier molecular flexibility index (Phi) is 4.56. The van der Waals surface area contributed by atoms with Gasteiger partial charge in [-0.3, -0.25) is 14.2 Å². The predicted molar refractivity (Wildman–Crippen MR) is 75.9 cm³/mol. The number of thioether (sulfide) groups is 1. The van der Waals surface area contributed by atoms with Crippen molar-refractivity contribution >= 4 is 33.7 Å². The molecule has 0 aliphatic rings. The zero-order valence-corrected chi connectivity index (χ0v) is 12.3. The molecule has 0 atom stereocenters. The van der Waals surface area contributed by atoms with E-state index in [0.29, 0.717) is 10.2 Å². The summed E-state index contributed by atoms with van der Waals surface area (Å²) >= 11 is 4.17. The van der Waals surface area contributed by atoms with Crippen LogP contribution in [0.25, 0.3) is 5.69 Å². The van der Waals surface area contributed by atoms with Crippen molar-refractivity contribution in [1.82, 2.24) is 9.55 Å². The first kappa shape index (κ1) is 14.7. The quantitative estimate of drug-likeness (QED) is 0.670. The minimum absolute atomic E-state index is 0.186. The Labute approximate surface area is 125 Å². The molecule has 1 aromatic carbocycles. The van der Waals surface area contributed by atoms with Gasteiger partial charge >= 0.3 is 5.97 Å². The number of benzene rings is 1. The Balaban J connectivity index is 2.52. The summed E-state index contributed by atoms with van der Waals surface area (Å²) in [6, 6.07) is 5.30. The first-order valence-electron chi connectivity index (χ1n) is 5.37. The second-order valence-corrected chi connectivity index (χ2v) is 5.49. The van der Waals surface area contributed by atoms with Gasteiger partial charge in [0.1, 0.15) is 5.82 Å². The van der Waals surface area contributed by atoms with E-state index in [0.717, 1.165) is 11.8 Å². The summed E-state index contributed by atoms with van der Waals surface area (Å²) in [5, 5.41) is 8.89. The highest BCUT2D eigenvalue weighted by atomic mass is 79.9. The van der Waals surface area contributed by atoms with Crippen molar-refractivity contribution in [2.24, 2.45) is 0 Å². The minimum atomic E-state index is -1.03. The topological polar surface area (TPSA) is 72.2 Å². The zero-order valence-electron chi connectivity index (χ0n) is 9.92. The van der Waals surface area contributed by atoms with Crippen LogP contribution in [0.1, 0.15) is 0 Å². The van der Waals surface area contributed by atoms with Crippen molar-refractivity contribution < 1.29 is 14.3 Å². The first-order chi connectivity index (χ1) is 9.47. The highest BCUT2D eigenvalue weighted by molar-refractivity contribution is 9.10. The normalized spacial score (nSPS) is 10.5. The molecule has 0 bridgehead atoms. The van der Waals surface area contributed by atoms with E-state index < -0.39 is 17.3 Å². The van der Waals surface area contributed by atoms with Crippen LogP contribution in [-0.4, -0.2) is 26.4 Å². The number of hydrogen-bond donors (Lipinski definition) is 1. The smallest absolute Gasteiger partial charge is 0.313 e. The molecular weight excluding hydrogens is 351 g/mol. The number of aromatic nitrogens is 2. The largest absolute Gasteiger partial charge is 0.481 e. The highest BCUT2D eigenvalue weighted by Gasteiger charge is 2.11. The molecule has 0 amide bonds. The Morgan fingerprint density at radius 1 is 1.45 bits per heavy atom. The number of rotatable bonds is 4. The average Bonchev–Trinajstić information content (AvgIpc) is 2.39. The standard InChI is InChI=1S/C12H8BrFN2O3S/c13-8-2-1-7(14)5-9(8)16-4-3-10(17)15-12(16)20-6-11(18)19/h1-5H,6H2,(H,18,19). The fourth-order valence-corrected chi connectivity index (χ4v) is 2.61. The lowest BCUT2D eigenvalue weighted by Gasteiger charge is -2.12. The fraction of sp³-hybridized carbons (Fsp3) is 0.0833. The number of carbonyl (C=O) groups is 1. The van der Waals surface area contributed by atoms with Gasteiger partial charge in [0.2, 0.25) is 0 Å². The SMILES string of the molecule is O=C(O)CSc1nc(=O)ccn1-c1cc(F)ccc1Br. The van der Waals surface area contributed by atoms with E-state index in [1.165, 1.54) is 35.0 Å². The van der Waals surface area contributed by atoms with Crippen molar-refractivity contribution in [3.63, 3.8) is 0 Å². The average molecular weight is 359 g/mol. The molecule has 0 aliphatic carbocycles. The third kappa shape index (κ3) is 3.45. The van der Waals surface area contributed by atoms with Crippen molar-refractivity contribution in [2.75, 3.05) is 5.75 Å². The summed E-state index contributed by atoms with van der Waals surface area (Å²) in [4.78, 5) is 25.7. The van der Waals surface area contributed by atoms with Crippen molar-refractivity contribution in [1.29, 1.82) is 0 Å². The Morgan fingerprint density at radius 2 is 2.20 bits per heavy atom. The van der Waals surface area contributed by atoms with Gasteiger partial charge in [0, 0.05) is 16.7 Å². The van der Waals surface area contributed by atoms with Gasteiger partial charge < -0.3 is 5.11 Å².